The minimum atomic E-state index is -2.93. The van der Waals surface area contributed by atoms with Crippen LogP contribution in [0.2, 0.25) is 0 Å². The number of rotatable bonds is 7. The van der Waals surface area contributed by atoms with Crippen LogP contribution in [0.3, 0.4) is 0 Å². The molecule has 1 aromatic heterocycles. The minimum Gasteiger partial charge on any atom is -0.465 e. The minimum absolute atomic E-state index is 0.0880. The van der Waals surface area contributed by atoms with E-state index in [-0.39, 0.29) is 17.7 Å². The molecular formula is C38H47NO19. The number of aryl methyl sites for hydroxylation is 1. The monoisotopic (exact) mass is 821 g/mol. The molecule has 4 aliphatic rings. The highest BCUT2D eigenvalue weighted by Crippen LogP contribution is 2.70. The van der Waals surface area contributed by atoms with Gasteiger partial charge in [0.05, 0.1) is 17.2 Å². The molecule has 0 amide bonds. The van der Waals surface area contributed by atoms with E-state index in [4.69, 9.17) is 42.6 Å². The van der Waals surface area contributed by atoms with Gasteiger partial charge in [-0.15, -0.1) is 0 Å². The molecule has 58 heavy (non-hydrogen) atoms. The predicted molar refractivity (Wildman–Crippen MR) is 187 cm³/mol. The summed E-state index contributed by atoms with van der Waals surface area (Å²) in [5.41, 5.74) is -12.9. The molecule has 0 aromatic carbocycles. The number of esters is 8. The van der Waals surface area contributed by atoms with Crippen molar-refractivity contribution in [3.63, 3.8) is 0 Å². The summed E-state index contributed by atoms with van der Waals surface area (Å²) < 4.78 is 53.8. The first-order valence-corrected chi connectivity index (χ1v) is 18.3. The molecule has 3 heterocycles. The van der Waals surface area contributed by atoms with Crippen LogP contribution in [0.25, 0.3) is 0 Å². The second kappa shape index (κ2) is 15.5. The molecule has 2 N–H and O–H groups in total. The third-order valence-corrected chi connectivity index (χ3v) is 11.2. The van der Waals surface area contributed by atoms with Crippen molar-refractivity contribution in [3.8, 4) is 0 Å². The maximum absolute atomic E-state index is 14.2. The quantitative estimate of drug-likeness (QED) is 0.270. The fourth-order valence-electron chi connectivity index (χ4n) is 9.15. The second-order valence-corrected chi connectivity index (χ2v) is 15.6. The van der Waals surface area contributed by atoms with E-state index < -0.39 is 138 Å². The van der Waals surface area contributed by atoms with Crippen LogP contribution >= 0.6 is 0 Å². The average molecular weight is 822 g/mol. The third kappa shape index (κ3) is 7.25. The van der Waals surface area contributed by atoms with Gasteiger partial charge in [0.2, 0.25) is 0 Å². The van der Waals surface area contributed by atoms with Crippen LogP contribution in [-0.4, -0.2) is 135 Å². The Morgan fingerprint density at radius 1 is 0.776 bits per heavy atom. The fraction of sp³-hybridized carbons (Fsp3) is 0.658. The van der Waals surface area contributed by atoms with Crippen LogP contribution in [-0.2, 0) is 82.6 Å². The van der Waals surface area contributed by atoms with Gasteiger partial charge >= 0.3 is 47.8 Å². The molecule has 1 spiro atoms. The van der Waals surface area contributed by atoms with Crippen molar-refractivity contribution in [2.24, 2.45) is 11.3 Å². The number of hydrogen-bond donors (Lipinski definition) is 2. The van der Waals surface area contributed by atoms with Crippen LogP contribution in [0.15, 0.2) is 18.3 Å². The van der Waals surface area contributed by atoms with E-state index in [9.17, 15) is 48.6 Å². The van der Waals surface area contributed by atoms with Gasteiger partial charge in [0.25, 0.3) is 0 Å². The summed E-state index contributed by atoms with van der Waals surface area (Å²) in [7, 11) is 0. The Morgan fingerprint density at radius 3 is 1.86 bits per heavy atom. The number of cyclic esters (lactones) is 1. The smallest absolute Gasteiger partial charge is 0.340 e. The van der Waals surface area contributed by atoms with Crippen molar-refractivity contribution >= 4 is 47.8 Å². The molecule has 20 nitrogen and oxygen atoms in total. The van der Waals surface area contributed by atoms with Crippen molar-refractivity contribution in [2.75, 3.05) is 13.2 Å². The van der Waals surface area contributed by atoms with Gasteiger partial charge in [-0.3, -0.25) is 33.8 Å². The molecule has 7 unspecified atom stereocenters. The summed E-state index contributed by atoms with van der Waals surface area (Å²) in [5, 5.41) is 25.0. The highest BCUT2D eigenvalue weighted by molar-refractivity contribution is 5.90. The van der Waals surface area contributed by atoms with Gasteiger partial charge in [-0.25, -0.2) is 9.59 Å². The highest BCUT2D eigenvalue weighted by Gasteiger charge is 2.92. The van der Waals surface area contributed by atoms with Gasteiger partial charge in [0.15, 0.2) is 35.6 Å². The summed E-state index contributed by atoms with van der Waals surface area (Å²) in [6.45, 7) is 7.30. The number of ether oxygens (including phenoxy) is 9. The van der Waals surface area contributed by atoms with Crippen LogP contribution in [0, 0.1) is 11.3 Å². The number of fused-ring (bicyclic) bond motifs is 5. The van der Waals surface area contributed by atoms with Crippen molar-refractivity contribution in [3.05, 3.63) is 29.6 Å². The molecular weight excluding hydrogens is 774 g/mol. The van der Waals surface area contributed by atoms with Gasteiger partial charge < -0.3 is 52.8 Å². The van der Waals surface area contributed by atoms with E-state index in [1.165, 1.54) is 25.3 Å². The number of pyridine rings is 1. The van der Waals surface area contributed by atoms with E-state index >= 15 is 0 Å². The lowest BCUT2D eigenvalue weighted by atomic mass is 9.45. The number of aromatic nitrogens is 1. The van der Waals surface area contributed by atoms with E-state index in [2.05, 4.69) is 4.98 Å². The molecule has 5 rings (SSSR count). The standard InChI is InChI=1S/C38H47NO19/c1-17(40)50-16-37-30(55-21(5)44)26(52-18(2)41)25-28(54-20(4)43)38(37)36(9,49)29(27(53-19(3)42)31(37)56-22(6)45)57-33(47)34(7,48)13-12-24-23(11-10-14-39-24)32(46)51-15-35(25,8)58-38/h10-11,14,25-31,48-49H,12-13,15-16H2,1-9H3/t25-,26?,27?,28-,29+,30?,31?,34?,35?,36+,37?,38+/m1/s1. The van der Waals surface area contributed by atoms with Gasteiger partial charge in [-0.1, -0.05) is 0 Å². The Bertz CT molecular complexity index is 1890. The normalized spacial score (nSPS) is 37.9. The Kier molecular flexibility index (Phi) is 11.7. The zero-order chi connectivity index (χ0) is 43.3. The number of carbonyl (C=O) groups excluding carboxylic acids is 8. The zero-order valence-corrected chi connectivity index (χ0v) is 33.4. The van der Waals surface area contributed by atoms with Gasteiger partial charge in [-0.2, -0.15) is 0 Å². The summed E-state index contributed by atoms with van der Waals surface area (Å²) in [6.07, 6.45) is -11.7. The molecule has 12 atom stereocenters. The Balaban J connectivity index is 2.01. The van der Waals surface area contributed by atoms with Gasteiger partial charge in [-0.05, 0) is 45.7 Å². The molecule has 1 saturated heterocycles. The van der Waals surface area contributed by atoms with Gasteiger partial charge in [0, 0.05) is 47.7 Å². The van der Waals surface area contributed by atoms with E-state index in [0.29, 0.717) is 0 Å². The average Bonchev–Trinajstić information content (AvgIpc) is 3.32. The molecule has 2 saturated carbocycles. The van der Waals surface area contributed by atoms with E-state index in [1.807, 2.05) is 0 Å². The number of hydrogen-bond acceptors (Lipinski definition) is 20. The predicted octanol–water partition coefficient (Wildman–Crippen LogP) is -0.0225. The molecule has 0 radical (unpaired) electrons. The van der Waals surface area contributed by atoms with Crippen molar-refractivity contribution in [1.82, 2.24) is 4.98 Å². The molecule has 2 aliphatic heterocycles. The second-order valence-electron chi connectivity index (χ2n) is 15.6. The first-order valence-electron chi connectivity index (χ1n) is 18.3. The number of aliphatic hydroxyl groups is 2. The number of nitrogens with zero attached hydrogens (tertiary/aromatic N) is 1. The summed E-state index contributed by atoms with van der Waals surface area (Å²) >= 11 is 0. The number of carbonyl (C=O) groups is 8. The molecule has 4 bridgehead atoms. The summed E-state index contributed by atoms with van der Waals surface area (Å²) in [6, 6.07) is 2.81. The molecule has 3 fully saturated rings. The van der Waals surface area contributed by atoms with Crippen LogP contribution in [0.5, 0.6) is 0 Å². The Labute approximate surface area is 332 Å². The Hall–Kier alpha value is -5.21. The van der Waals surface area contributed by atoms with Crippen molar-refractivity contribution in [1.29, 1.82) is 0 Å². The lowest BCUT2D eigenvalue weighted by Crippen LogP contribution is -2.89. The van der Waals surface area contributed by atoms with Gasteiger partial charge in [0.1, 0.15) is 42.0 Å². The molecule has 318 valence electrons. The first kappa shape index (κ1) is 43.9. The molecule has 2 aliphatic carbocycles. The highest BCUT2D eigenvalue weighted by atomic mass is 16.7. The molecule has 20 heteroatoms. The fourth-order valence-corrected chi connectivity index (χ4v) is 9.15. The van der Waals surface area contributed by atoms with Crippen molar-refractivity contribution < 1.29 is 91.2 Å². The van der Waals surface area contributed by atoms with E-state index in [0.717, 1.165) is 55.4 Å². The van der Waals surface area contributed by atoms with Crippen LogP contribution in [0.4, 0.5) is 0 Å². The topological polar surface area (TPSA) is 273 Å². The first-order chi connectivity index (χ1) is 26.9. The molecule has 1 aromatic rings. The zero-order valence-electron chi connectivity index (χ0n) is 33.4. The lowest BCUT2D eigenvalue weighted by molar-refractivity contribution is -0.387. The largest absolute Gasteiger partial charge is 0.465 e. The summed E-state index contributed by atoms with van der Waals surface area (Å²) in [5.74, 6) is -10.4. The van der Waals surface area contributed by atoms with Crippen LogP contribution in [0.1, 0.15) is 84.8 Å². The lowest BCUT2D eigenvalue weighted by Gasteiger charge is -2.67. The SMILES string of the molecule is CC(=O)OCC12C(OC(C)=O)C(OC(C)=O)[C@@H]3[C@@H](OC(C)=O)[C@@]14OC3(C)COC(=O)c1cccnc1CCC(C)(O)C(=O)O[C@@H](C(OC(C)=O)C2OC(C)=O)[C@]4(C)O. The van der Waals surface area contributed by atoms with Crippen LogP contribution < -0.4 is 0 Å². The maximum atomic E-state index is 14.2. The maximum Gasteiger partial charge on any atom is 0.340 e. The summed E-state index contributed by atoms with van der Waals surface area (Å²) in [4.78, 5) is 111. The third-order valence-electron chi connectivity index (χ3n) is 11.2. The van der Waals surface area contributed by atoms with E-state index in [1.54, 1.807) is 0 Å². The Morgan fingerprint density at radius 2 is 1.31 bits per heavy atom. The van der Waals surface area contributed by atoms with Crippen molar-refractivity contribution in [2.45, 2.75) is 134 Å².